The van der Waals surface area contributed by atoms with E-state index < -0.39 is 0 Å². The Morgan fingerprint density at radius 1 is 0.676 bits per heavy atom. The molecule has 0 saturated carbocycles. The molecule has 0 fully saturated rings. The van der Waals surface area contributed by atoms with Crippen molar-refractivity contribution in [3.63, 3.8) is 0 Å². The zero-order chi connectivity index (χ0) is 25.5. The minimum absolute atomic E-state index is 0.102. The van der Waals surface area contributed by atoms with Gasteiger partial charge >= 0.3 is 0 Å². The van der Waals surface area contributed by atoms with Crippen LogP contribution in [0.1, 0.15) is 39.4 Å². The molecule has 5 aromatic rings. The van der Waals surface area contributed by atoms with Crippen LogP contribution in [0, 0.1) is 6.92 Å². The van der Waals surface area contributed by atoms with E-state index in [-0.39, 0.29) is 11.8 Å². The van der Waals surface area contributed by atoms with Crippen molar-refractivity contribution in [2.45, 2.75) is 32.5 Å². The number of rotatable bonds is 9. The summed E-state index contributed by atoms with van der Waals surface area (Å²) in [5.74, 6) is -0.268. The molecule has 0 aliphatic carbocycles. The molecule has 0 saturated heterocycles. The van der Waals surface area contributed by atoms with Crippen LogP contribution in [0.25, 0.3) is 0 Å². The first-order valence-electron chi connectivity index (χ1n) is 12.8. The van der Waals surface area contributed by atoms with Crippen LogP contribution in [0.3, 0.4) is 0 Å². The Morgan fingerprint density at radius 2 is 1.24 bits per heavy atom. The third kappa shape index (κ3) is 5.90. The average Bonchev–Trinajstić information content (AvgIpc) is 3.38. The van der Waals surface area contributed by atoms with Crippen molar-refractivity contribution in [3.8, 4) is 0 Å². The van der Waals surface area contributed by atoms with E-state index in [2.05, 4.69) is 90.5 Å². The Labute approximate surface area is 219 Å². The summed E-state index contributed by atoms with van der Waals surface area (Å²) in [5, 5.41) is 0. The number of nitrogens with zero attached hydrogens (tertiary/aromatic N) is 2. The second-order valence-corrected chi connectivity index (χ2v) is 9.49. The first kappa shape index (κ1) is 24.3. The lowest BCUT2D eigenvalue weighted by Crippen LogP contribution is -2.35. The van der Waals surface area contributed by atoms with E-state index in [0.717, 1.165) is 28.9 Å². The molecule has 184 valence electrons. The van der Waals surface area contributed by atoms with Crippen LogP contribution in [0.15, 0.2) is 134 Å². The second-order valence-electron chi connectivity index (χ2n) is 9.49. The maximum Gasteiger partial charge on any atom is 0.235 e. The van der Waals surface area contributed by atoms with Gasteiger partial charge < -0.3 is 9.47 Å². The van der Waals surface area contributed by atoms with E-state index >= 15 is 0 Å². The second kappa shape index (κ2) is 11.6. The summed E-state index contributed by atoms with van der Waals surface area (Å²) in [6.45, 7) is 4.01. The first-order valence-corrected chi connectivity index (χ1v) is 12.8. The molecule has 1 heterocycles. The molecule has 37 heavy (non-hydrogen) atoms. The van der Waals surface area contributed by atoms with Crippen LogP contribution >= 0.6 is 0 Å². The van der Waals surface area contributed by atoms with Gasteiger partial charge in [0, 0.05) is 25.0 Å². The van der Waals surface area contributed by atoms with Crippen molar-refractivity contribution in [2.75, 3.05) is 0 Å². The lowest BCUT2D eigenvalue weighted by atomic mass is 9.89. The Bertz CT molecular complexity index is 1390. The van der Waals surface area contributed by atoms with Gasteiger partial charge in [0.15, 0.2) is 0 Å². The molecule has 4 aromatic carbocycles. The van der Waals surface area contributed by atoms with E-state index in [1.165, 1.54) is 11.1 Å². The van der Waals surface area contributed by atoms with Gasteiger partial charge in [-0.25, -0.2) is 0 Å². The fourth-order valence-corrected chi connectivity index (χ4v) is 4.88. The number of hydrogen-bond acceptors (Lipinski definition) is 1. The molecule has 0 spiro atoms. The van der Waals surface area contributed by atoms with Gasteiger partial charge in [0.1, 0.15) is 0 Å². The smallest absolute Gasteiger partial charge is 0.235 e. The Balaban J connectivity index is 1.50. The third-order valence-corrected chi connectivity index (χ3v) is 6.92. The standard InChI is InChI=1S/C34H32N2O/c1-27-14-11-12-21-31(27)25-35-23-13-22-32(35)26-36(24-28-15-5-2-6-16-28)34(37)33(29-17-7-3-8-18-29)30-19-9-4-10-20-30/h2-23,33H,24-26H2,1H3. The maximum atomic E-state index is 14.4. The van der Waals surface area contributed by atoms with Crippen molar-refractivity contribution in [1.29, 1.82) is 0 Å². The molecule has 0 bridgehead atoms. The Morgan fingerprint density at radius 3 is 1.86 bits per heavy atom. The summed E-state index contributed by atoms with van der Waals surface area (Å²) in [6, 6.07) is 43.2. The molecule has 1 aromatic heterocycles. The molecule has 0 unspecified atom stereocenters. The minimum Gasteiger partial charge on any atom is -0.345 e. The van der Waals surface area contributed by atoms with E-state index in [1.807, 2.05) is 59.5 Å². The Hall–Kier alpha value is -4.37. The monoisotopic (exact) mass is 484 g/mol. The topological polar surface area (TPSA) is 25.2 Å². The van der Waals surface area contributed by atoms with Crippen molar-refractivity contribution in [3.05, 3.63) is 167 Å². The fraction of sp³-hybridized carbons (Fsp3) is 0.147. The van der Waals surface area contributed by atoms with Crippen molar-refractivity contribution >= 4 is 5.91 Å². The number of benzene rings is 4. The van der Waals surface area contributed by atoms with Crippen molar-refractivity contribution < 1.29 is 4.79 Å². The van der Waals surface area contributed by atoms with Gasteiger partial charge in [-0.05, 0) is 46.9 Å². The highest BCUT2D eigenvalue weighted by Crippen LogP contribution is 2.28. The number of carbonyl (C=O) groups excluding carboxylic acids is 1. The van der Waals surface area contributed by atoms with Gasteiger partial charge in [0.05, 0.1) is 12.5 Å². The molecular formula is C34H32N2O. The van der Waals surface area contributed by atoms with Gasteiger partial charge in [-0.3, -0.25) is 4.79 Å². The third-order valence-electron chi connectivity index (χ3n) is 6.92. The number of aromatic nitrogens is 1. The van der Waals surface area contributed by atoms with Gasteiger partial charge in [-0.1, -0.05) is 115 Å². The van der Waals surface area contributed by atoms with E-state index in [0.29, 0.717) is 13.1 Å². The lowest BCUT2D eigenvalue weighted by molar-refractivity contribution is -0.133. The molecule has 5 rings (SSSR count). The highest BCUT2D eigenvalue weighted by atomic mass is 16.2. The number of aryl methyl sites for hydroxylation is 1. The van der Waals surface area contributed by atoms with Gasteiger partial charge in [-0.15, -0.1) is 0 Å². The molecule has 3 nitrogen and oxygen atoms in total. The van der Waals surface area contributed by atoms with Crippen LogP contribution < -0.4 is 0 Å². The lowest BCUT2D eigenvalue weighted by Gasteiger charge is -2.29. The van der Waals surface area contributed by atoms with Gasteiger partial charge in [-0.2, -0.15) is 0 Å². The summed E-state index contributed by atoms with van der Waals surface area (Å²) < 4.78 is 2.26. The van der Waals surface area contributed by atoms with Crippen LogP contribution in [0.5, 0.6) is 0 Å². The summed E-state index contributed by atoms with van der Waals surface area (Å²) in [6.07, 6.45) is 2.11. The predicted octanol–water partition coefficient (Wildman–Crippen LogP) is 7.21. The van der Waals surface area contributed by atoms with Gasteiger partial charge in [0.25, 0.3) is 0 Å². The average molecular weight is 485 g/mol. The normalized spacial score (nSPS) is 11.0. The molecule has 0 aliphatic rings. The maximum absolute atomic E-state index is 14.4. The highest BCUT2D eigenvalue weighted by Gasteiger charge is 2.28. The zero-order valence-electron chi connectivity index (χ0n) is 21.2. The molecule has 0 aliphatic heterocycles. The molecule has 0 N–H and O–H groups in total. The van der Waals surface area contributed by atoms with Crippen LogP contribution in [-0.2, 0) is 24.4 Å². The SMILES string of the molecule is Cc1ccccc1Cn1cccc1CN(Cc1ccccc1)C(=O)C(c1ccccc1)c1ccccc1. The molecule has 1 amide bonds. The molecule has 3 heteroatoms. The summed E-state index contributed by atoms with van der Waals surface area (Å²) in [5.41, 5.74) is 6.80. The van der Waals surface area contributed by atoms with Crippen LogP contribution in [-0.4, -0.2) is 15.4 Å². The number of amides is 1. The molecule has 0 radical (unpaired) electrons. The van der Waals surface area contributed by atoms with E-state index in [9.17, 15) is 4.79 Å². The highest BCUT2D eigenvalue weighted by molar-refractivity contribution is 5.87. The quantitative estimate of drug-likeness (QED) is 0.217. The predicted molar refractivity (Wildman–Crippen MR) is 150 cm³/mol. The zero-order valence-corrected chi connectivity index (χ0v) is 21.2. The van der Waals surface area contributed by atoms with E-state index in [1.54, 1.807) is 0 Å². The minimum atomic E-state index is -0.370. The summed E-state index contributed by atoms with van der Waals surface area (Å²) in [4.78, 5) is 16.4. The van der Waals surface area contributed by atoms with Gasteiger partial charge in [0.2, 0.25) is 5.91 Å². The first-order chi connectivity index (χ1) is 18.2. The van der Waals surface area contributed by atoms with E-state index in [4.69, 9.17) is 0 Å². The van der Waals surface area contributed by atoms with Crippen molar-refractivity contribution in [2.24, 2.45) is 0 Å². The summed E-state index contributed by atoms with van der Waals surface area (Å²) >= 11 is 0. The van der Waals surface area contributed by atoms with Crippen LogP contribution in [0.2, 0.25) is 0 Å². The fourth-order valence-electron chi connectivity index (χ4n) is 4.88. The summed E-state index contributed by atoms with van der Waals surface area (Å²) in [7, 11) is 0. The number of carbonyl (C=O) groups is 1. The molecular weight excluding hydrogens is 452 g/mol. The van der Waals surface area contributed by atoms with Crippen LogP contribution in [0.4, 0.5) is 0 Å². The number of hydrogen-bond donors (Lipinski definition) is 0. The largest absolute Gasteiger partial charge is 0.345 e. The van der Waals surface area contributed by atoms with Crippen molar-refractivity contribution in [1.82, 2.24) is 9.47 Å². The Kier molecular flexibility index (Phi) is 7.61. The molecule has 0 atom stereocenters.